The number of nitrogens with one attached hydrogen (secondary N) is 1. The molecule has 0 spiro atoms. The van der Waals surface area contributed by atoms with Gasteiger partial charge in [0.15, 0.2) is 0 Å². The highest BCUT2D eigenvalue weighted by Crippen LogP contribution is 2.28. The molecule has 0 aromatic heterocycles. The maximum atomic E-state index is 12.2. The zero-order chi connectivity index (χ0) is 15.2. The van der Waals surface area contributed by atoms with Crippen LogP contribution < -0.4 is 5.32 Å². The lowest BCUT2D eigenvalue weighted by Crippen LogP contribution is -2.44. The molecule has 1 N–H and O–H groups in total. The number of hydrogen-bond acceptors (Lipinski definition) is 3. The fraction of sp³-hybridized carbons (Fsp3) is 0.750. The molecule has 0 saturated heterocycles. The van der Waals surface area contributed by atoms with Crippen LogP contribution in [0.15, 0.2) is 12.7 Å². The van der Waals surface area contributed by atoms with Crippen LogP contribution in [0.25, 0.3) is 0 Å². The fourth-order valence-corrected chi connectivity index (χ4v) is 2.57. The molecule has 0 aliphatic heterocycles. The number of rotatable bonds is 5. The summed E-state index contributed by atoms with van der Waals surface area (Å²) in [6.07, 6.45) is 7.80. The first kappa shape index (κ1) is 16.7. The largest absolute Gasteiger partial charge is 0.458 e. The first-order chi connectivity index (χ1) is 9.31. The molecule has 1 aliphatic rings. The van der Waals surface area contributed by atoms with Crippen molar-refractivity contribution >= 4 is 11.9 Å². The number of carbonyl (C=O) groups excluding carboxylic acids is 2. The summed E-state index contributed by atoms with van der Waals surface area (Å²) >= 11 is 0. The summed E-state index contributed by atoms with van der Waals surface area (Å²) < 4.78 is 5.40. The molecule has 1 saturated carbocycles. The number of carbonyl (C=O) groups is 2. The lowest BCUT2D eigenvalue weighted by molar-refractivity contribution is -0.159. The average molecular weight is 281 g/mol. The van der Waals surface area contributed by atoms with Crippen LogP contribution in [0.5, 0.6) is 0 Å². The maximum Gasteiger partial charge on any atom is 0.329 e. The SMILES string of the molecule is C=CC(=O)N[C@H](CC1CCCCC1)C(=O)OC(C)(C)C. The molecular formula is C16H27NO3. The van der Waals surface area contributed by atoms with Crippen LogP contribution in [-0.2, 0) is 14.3 Å². The van der Waals surface area contributed by atoms with E-state index in [-0.39, 0.29) is 11.9 Å². The zero-order valence-corrected chi connectivity index (χ0v) is 12.9. The van der Waals surface area contributed by atoms with Gasteiger partial charge in [-0.3, -0.25) is 4.79 Å². The van der Waals surface area contributed by atoms with E-state index in [1.54, 1.807) is 0 Å². The second kappa shape index (κ2) is 7.46. The molecule has 0 radical (unpaired) electrons. The molecule has 1 fully saturated rings. The molecule has 20 heavy (non-hydrogen) atoms. The molecule has 114 valence electrons. The van der Waals surface area contributed by atoms with Crippen molar-refractivity contribution in [3.8, 4) is 0 Å². The Labute approximate surface area is 122 Å². The number of esters is 1. The Morgan fingerprint density at radius 3 is 2.40 bits per heavy atom. The van der Waals surface area contributed by atoms with Crippen molar-refractivity contribution < 1.29 is 14.3 Å². The van der Waals surface area contributed by atoms with Crippen molar-refractivity contribution in [3.63, 3.8) is 0 Å². The van der Waals surface area contributed by atoms with Gasteiger partial charge in [0.05, 0.1) is 0 Å². The molecular weight excluding hydrogens is 254 g/mol. The molecule has 1 aliphatic carbocycles. The van der Waals surface area contributed by atoms with Gasteiger partial charge >= 0.3 is 5.97 Å². The van der Waals surface area contributed by atoms with Gasteiger partial charge in [-0.25, -0.2) is 4.79 Å². The van der Waals surface area contributed by atoms with Crippen LogP contribution in [0.3, 0.4) is 0 Å². The highest BCUT2D eigenvalue weighted by molar-refractivity contribution is 5.91. The summed E-state index contributed by atoms with van der Waals surface area (Å²) in [5.74, 6) is -0.179. The van der Waals surface area contributed by atoms with Gasteiger partial charge in [-0.1, -0.05) is 38.7 Å². The minimum atomic E-state index is -0.567. The average Bonchev–Trinajstić information content (AvgIpc) is 2.37. The van der Waals surface area contributed by atoms with E-state index in [2.05, 4.69) is 11.9 Å². The van der Waals surface area contributed by atoms with Gasteiger partial charge < -0.3 is 10.1 Å². The van der Waals surface area contributed by atoms with Crippen LogP contribution >= 0.6 is 0 Å². The minimum Gasteiger partial charge on any atom is -0.458 e. The summed E-state index contributed by atoms with van der Waals surface area (Å²) in [4.78, 5) is 23.7. The fourth-order valence-electron chi connectivity index (χ4n) is 2.57. The highest BCUT2D eigenvalue weighted by atomic mass is 16.6. The summed E-state index contributed by atoms with van der Waals surface area (Å²) in [6, 6.07) is -0.567. The number of amides is 1. The van der Waals surface area contributed by atoms with Crippen LogP contribution in [0, 0.1) is 5.92 Å². The van der Waals surface area contributed by atoms with Gasteiger partial charge in [0, 0.05) is 0 Å². The number of ether oxygens (including phenoxy) is 1. The zero-order valence-electron chi connectivity index (χ0n) is 12.9. The normalized spacial score (nSPS) is 18.1. The second-order valence-corrected chi connectivity index (χ2v) is 6.54. The molecule has 0 aromatic rings. The maximum absolute atomic E-state index is 12.2. The van der Waals surface area contributed by atoms with Crippen molar-refractivity contribution in [2.75, 3.05) is 0 Å². The smallest absolute Gasteiger partial charge is 0.329 e. The third kappa shape index (κ3) is 6.22. The first-order valence-electron chi connectivity index (χ1n) is 7.47. The summed E-state index contributed by atoms with van der Waals surface area (Å²) in [7, 11) is 0. The molecule has 0 bridgehead atoms. The molecule has 4 heteroatoms. The van der Waals surface area contributed by atoms with Gasteiger partial charge in [-0.15, -0.1) is 0 Å². The Balaban J connectivity index is 2.65. The Morgan fingerprint density at radius 2 is 1.90 bits per heavy atom. The van der Waals surface area contributed by atoms with Crippen LogP contribution in [0.2, 0.25) is 0 Å². The van der Waals surface area contributed by atoms with Crippen LogP contribution in [-0.4, -0.2) is 23.5 Å². The highest BCUT2D eigenvalue weighted by Gasteiger charge is 2.29. The Morgan fingerprint density at radius 1 is 1.30 bits per heavy atom. The van der Waals surface area contributed by atoms with E-state index in [1.807, 2.05) is 20.8 Å². The van der Waals surface area contributed by atoms with E-state index < -0.39 is 11.6 Å². The Kier molecular flexibility index (Phi) is 6.24. The standard InChI is InChI=1S/C16H27NO3/c1-5-14(18)17-13(15(19)20-16(2,3)4)11-12-9-7-6-8-10-12/h5,12-13H,1,6-11H2,2-4H3,(H,17,18)/t13-/m1/s1. The van der Waals surface area contributed by atoms with Crippen LogP contribution in [0.4, 0.5) is 0 Å². The van der Waals surface area contributed by atoms with Gasteiger partial charge in [0.2, 0.25) is 5.91 Å². The predicted molar refractivity (Wildman–Crippen MR) is 79.2 cm³/mol. The predicted octanol–water partition coefficient (Wildman–Crippen LogP) is 2.97. The molecule has 4 nitrogen and oxygen atoms in total. The molecule has 1 rings (SSSR count). The lowest BCUT2D eigenvalue weighted by atomic mass is 9.84. The van der Waals surface area contributed by atoms with E-state index >= 15 is 0 Å². The third-order valence-corrected chi connectivity index (χ3v) is 3.49. The van der Waals surface area contributed by atoms with Crippen molar-refractivity contribution in [2.45, 2.75) is 70.9 Å². The lowest BCUT2D eigenvalue weighted by Gasteiger charge is -2.28. The van der Waals surface area contributed by atoms with E-state index in [4.69, 9.17) is 4.74 Å². The van der Waals surface area contributed by atoms with Gasteiger partial charge in [0.25, 0.3) is 0 Å². The topological polar surface area (TPSA) is 55.4 Å². The summed E-state index contributed by atoms with van der Waals surface area (Å²) in [6.45, 7) is 8.92. The van der Waals surface area contributed by atoms with E-state index in [0.717, 1.165) is 12.8 Å². The molecule has 1 amide bonds. The van der Waals surface area contributed by atoms with E-state index in [0.29, 0.717) is 12.3 Å². The van der Waals surface area contributed by atoms with E-state index in [9.17, 15) is 9.59 Å². The quantitative estimate of drug-likeness (QED) is 0.622. The van der Waals surface area contributed by atoms with Crippen molar-refractivity contribution in [3.05, 3.63) is 12.7 Å². The van der Waals surface area contributed by atoms with E-state index in [1.165, 1.54) is 25.3 Å². The molecule has 0 unspecified atom stereocenters. The summed E-state index contributed by atoms with van der Waals surface area (Å²) in [5.41, 5.74) is -0.541. The first-order valence-corrected chi connectivity index (χ1v) is 7.47. The van der Waals surface area contributed by atoms with Gasteiger partial charge in [-0.2, -0.15) is 0 Å². The Bertz CT molecular complexity index is 351. The van der Waals surface area contributed by atoms with Gasteiger partial charge in [-0.05, 0) is 39.2 Å². The summed E-state index contributed by atoms with van der Waals surface area (Å²) in [5, 5.41) is 2.70. The van der Waals surface area contributed by atoms with Gasteiger partial charge in [0.1, 0.15) is 11.6 Å². The van der Waals surface area contributed by atoms with Crippen LogP contribution in [0.1, 0.15) is 59.3 Å². The molecule has 1 atom stereocenters. The van der Waals surface area contributed by atoms with Crippen molar-refractivity contribution in [1.29, 1.82) is 0 Å². The molecule has 0 aromatic carbocycles. The van der Waals surface area contributed by atoms with Crippen molar-refractivity contribution in [1.82, 2.24) is 5.32 Å². The minimum absolute atomic E-state index is 0.323. The Hall–Kier alpha value is -1.32. The monoisotopic (exact) mass is 281 g/mol. The second-order valence-electron chi connectivity index (χ2n) is 6.54. The third-order valence-electron chi connectivity index (χ3n) is 3.49. The molecule has 0 heterocycles. The number of hydrogen-bond donors (Lipinski definition) is 1. The van der Waals surface area contributed by atoms with Crippen molar-refractivity contribution in [2.24, 2.45) is 5.92 Å².